The fourth-order valence-electron chi connectivity index (χ4n) is 2.81. The molecule has 0 bridgehead atoms. The highest BCUT2D eigenvalue weighted by Crippen LogP contribution is 2.16. The molecule has 110 valence electrons. The largest absolute Gasteiger partial charge is 0.496 e. The Labute approximate surface area is 121 Å². The molecule has 1 aliphatic heterocycles. The van der Waals surface area contributed by atoms with Crippen LogP contribution in [0.3, 0.4) is 0 Å². The first-order valence-corrected chi connectivity index (χ1v) is 7.46. The van der Waals surface area contributed by atoms with Crippen LogP contribution in [-0.2, 0) is 11.3 Å². The van der Waals surface area contributed by atoms with E-state index < -0.39 is 0 Å². The number of likely N-dealkylation sites (tertiary alicyclic amines) is 1. The van der Waals surface area contributed by atoms with Crippen molar-refractivity contribution in [3.05, 3.63) is 29.8 Å². The average Bonchev–Trinajstić information content (AvgIpc) is 2.53. The first kappa shape index (κ1) is 14.9. The summed E-state index contributed by atoms with van der Waals surface area (Å²) in [6.07, 6.45) is 3.78. The van der Waals surface area contributed by atoms with Crippen LogP contribution < -0.4 is 15.0 Å². The van der Waals surface area contributed by atoms with Gasteiger partial charge in [-0.25, -0.2) is 0 Å². The molecule has 1 heterocycles. The molecule has 1 aliphatic rings. The third-order valence-corrected chi connectivity index (χ3v) is 4.15. The van der Waals surface area contributed by atoms with E-state index in [2.05, 4.69) is 5.32 Å². The van der Waals surface area contributed by atoms with E-state index in [0.29, 0.717) is 6.54 Å². The van der Waals surface area contributed by atoms with Gasteiger partial charge in [0.1, 0.15) is 5.75 Å². The predicted octanol–water partition coefficient (Wildman–Crippen LogP) is 0.769. The van der Waals surface area contributed by atoms with Gasteiger partial charge in [0.15, 0.2) is 6.04 Å². The van der Waals surface area contributed by atoms with Gasteiger partial charge in [0.2, 0.25) is 0 Å². The van der Waals surface area contributed by atoms with Crippen LogP contribution in [-0.4, -0.2) is 32.1 Å². The average molecular weight is 277 g/mol. The standard InChI is InChI=1S/C16H24N2O2/c1-13(18-10-6-3-7-11-18)16(19)17-12-14-8-4-5-9-15(14)20-2/h4-5,8-9,13H,3,6-7,10-12H2,1-2H3,(H,17,19)/p+1/t13-/m0/s1. The van der Waals surface area contributed by atoms with Crippen molar-refractivity contribution in [1.29, 1.82) is 0 Å². The molecule has 1 fully saturated rings. The van der Waals surface area contributed by atoms with Gasteiger partial charge in [0.25, 0.3) is 5.91 Å². The van der Waals surface area contributed by atoms with Crippen LogP contribution in [0, 0.1) is 0 Å². The topological polar surface area (TPSA) is 42.8 Å². The molecule has 0 spiro atoms. The normalized spacial score (nSPS) is 17.5. The van der Waals surface area contributed by atoms with Gasteiger partial charge in [-0.3, -0.25) is 4.79 Å². The van der Waals surface area contributed by atoms with Crippen molar-refractivity contribution in [3.63, 3.8) is 0 Å². The van der Waals surface area contributed by atoms with Crippen molar-refractivity contribution in [2.45, 2.75) is 38.8 Å². The van der Waals surface area contributed by atoms with E-state index in [1.54, 1.807) is 7.11 Å². The maximum Gasteiger partial charge on any atom is 0.278 e. The van der Waals surface area contributed by atoms with Crippen LogP contribution in [0.2, 0.25) is 0 Å². The molecular weight excluding hydrogens is 252 g/mol. The molecule has 1 saturated heterocycles. The molecule has 0 saturated carbocycles. The number of methoxy groups -OCH3 is 1. The SMILES string of the molecule is COc1ccccc1CNC(=O)[C@H](C)[NH+]1CCCCC1. The highest BCUT2D eigenvalue weighted by molar-refractivity contribution is 5.79. The van der Waals surface area contributed by atoms with E-state index >= 15 is 0 Å². The van der Waals surface area contributed by atoms with E-state index in [1.165, 1.54) is 24.2 Å². The van der Waals surface area contributed by atoms with Gasteiger partial charge in [-0.05, 0) is 32.3 Å². The van der Waals surface area contributed by atoms with Crippen molar-refractivity contribution in [1.82, 2.24) is 5.32 Å². The van der Waals surface area contributed by atoms with Gasteiger partial charge in [0, 0.05) is 12.1 Å². The molecule has 0 aliphatic carbocycles. The highest BCUT2D eigenvalue weighted by Gasteiger charge is 2.26. The second kappa shape index (κ2) is 7.29. The summed E-state index contributed by atoms with van der Waals surface area (Å²) in [5.41, 5.74) is 1.02. The van der Waals surface area contributed by atoms with Crippen LogP contribution in [0.5, 0.6) is 5.75 Å². The van der Waals surface area contributed by atoms with Gasteiger partial charge in [-0.1, -0.05) is 18.2 Å². The summed E-state index contributed by atoms with van der Waals surface area (Å²) in [5, 5.41) is 3.03. The Morgan fingerprint density at radius 3 is 2.70 bits per heavy atom. The number of amides is 1. The van der Waals surface area contributed by atoms with Crippen molar-refractivity contribution in [2.24, 2.45) is 0 Å². The van der Waals surface area contributed by atoms with Crippen molar-refractivity contribution >= 4 is 5.91 Å². The number of para-hydroxylation sites is 1. The molecule has 1 aromatic rings. The van der Waals surface area contributed by atoms with Crippen LogP contribution in [0.15, 0.2) is 24.3 Å². The Morgan fingerprint density at radius 1 is 1.30 bits per heavy atom. The Morgan fingerprint density at radius 2 is 2.00 bits per heavy atom. The van der Waals surface area contributed by atoms with E-state index in [4.69, 9.17) is 4.74 Å². The van der Waals surface area contributed by atoms with Crippen LogP contribution >= 0.6 is 0 Å². The van der Waals surface area contributed by atoms with Crippen molar-refractivity contribution in [3.8, 4) is 5.75 Å². The lowest BCUT2D eigenvalue weighted by Crippen LogP contribution is -3.17. The molecular formula is C16H25N2O2+. The Kier molecular flexibility index (Phi) is 5.41. The highest BCUT2D eigenvalue weighted by atomic mass is 16.5. The summed E-state index contributed by atoms with van der Waals surface area (Å²) in [6.45, 7) is 4.78. The summed E-state index contributed by atoms with van der Waals surface area (Å²) >= 11 is 0. The summed E-state index contributed by atoms with van der Waals surface area (Å²) in [7, 11) is 1.65. The fourth-order valence-corrected chi connectivity index (χ4v) is 2.81. The minimum absolute atomic E-state index is 0.0324. The lowest BCUT2D eigenvalue weighted by atomic mass is 10.1. The van der Waals surface area contributed by atoms with Gasteiger partial charge in [-0.15, -0.1) is 0 Å². The van der Waals surface area contributed by atoms with Crippen LogP contribution in [0.4, 0.5) is 0 Å². The van der Waals surface area contributed by atoms with Crippen molar-refractivity contribution < 1.29 is 14.4 Å². The molecule has 1 amide bonds. The number of carbonyl (C=O) groups is 1. The smallest absolute Gasteiger partial charge is 0.278 e. The summed E-state index contributed by atoms with van der Waals surface area (Å²) in [5.74, 6) is 0.957. The number of rotatable bonds is 5. The quantitative estimate of drug-likeness (QED) is 0.835. The minimum Gasteiger partial charge on any atom is -0.496 e. The third-order valence-electron chi connectivity index (χ3n) is 4.15. The molecule has 2 N–H and O–H groups in total. The van der Waals surface area contributed by atoms with E-state index in [0.717, 1.165) is 24.4 Å². The number of benzene rings is 1. The van der Waals surface area contributed by atoms with Crippen LogP contribution in [0.1, 0.15) is 31.7 Å². The number of piperidine rings is 1. The molecule has 1 atom stereocenters. The molecule has 4 nitrogen and oxygen atoms in total. The van der Waals surface area contributed by atoms with E-state index in [1.807, 2.05) is 31.2 Å². The van der Waals surface area contributed by atoms with Crippen molar-refractivity contribution in [2.75, 3.05) is 20.2 Å². The van der Waals surface area contributed by atoms with E-state index in [9.17, 15) is 4.79 Å². The minimum atomic E-state index is 0.0324. The van der Waals surface area contributed by atoms with Gasteiger partial charge in [0.05, 0.1) is 20.2 Å². The zero-order chi connectivity index (χ0) is 14.4. The molecule has 0 aromatic heterocycles. The molecule has 0 radical (unpaired) electrons. The monoisotopic (exact) mass is 277 g/mol. The summed E-state index contributed by atoms with van der Waals surface area (Å²) in [6, 6.07) is 7.83. The number of hydrogen-bond donors (Lipinski definition) is 2. The Hall–Kier alpha value is -1.55. The number of ether oxygens (including phenoxy) is 1. The summed E-state index contributed by atoms with van der Waals surface area (Å²) < 4.78 is 5.30. The van der Waals surface area contributed by atoms with Gasteiger partial charge < -0.3 is 15.0 Å². The lowest BCUT2D eigenvalue weighted by Gasteiger charge is -2.28. The molecule has 1 aromatic carbocycles. The number of hydrogen-bond acceptors (Lipinski definition) is 2. The Bertz CT molecular complexity index is 442. The molecule has 20 heavy (non-hydrogen) atoms. The maximum absolute atomic E-state index is 12.2. The Balaban J connectivity index is 1.87. The number of quaternary nitrogens is 1. The lowest BCUT2D eigenvalue weighted by molar-refractivity contribution is -0.918. The predicted molar refractivity (Wildman–Crippen MR) is 78.9 cm³/mol. The molecule has 2 rings (SSSR count). The van der Waals surface area contributed by atoms with Gasteiger partial charge >= 0.3 is 0 Å². The second-order valence-corrected chi connectivity index (χ2v) is 5.47. The zero-order valence-corrected chi connectivity index (χ0v) is 12.4. The number of carbonyl (C=O) groups excluding carboxylic acids is 1. The molecule has 0 unspecified atom stereocenters. The fraction of sp³-hybridized carbons (Fsp3) is 0.562. The van der Waals surface area contributed by atoms with E-state index in [-0.39, 0.29) is 11.9 Å². The summed E-state index contributed by atoms with van der Waals surface area (Å²) in [4.78, 5) is 13.7. The maximum atomic E-state index is 12.2. The number of nitrogens with one attached hydrogen (secondary N) is 2. The zero-order valence-electron chi connectivity index (χ0n) is 12.4. The molecule has 4 heteroatoms. The third kappa shape index (κ3) is 3.73. The first-order valence-electron chi connectivity index (χ1n) is 7.46. The first-order chi connectivity index (χ1) is 9.72. The van der Waals surface area contributed by atoms with Crippen LogP contribution in [0.25, 0.3) is 0 Å². The van der Waals surface area contributed by atoms with Gasteiger partial charge in [-0.2, -0.15) is 0 Å². The second-order valence-electron chi connectivity index (χ2n) is 5.47.